The van der Waals surface area contributed by atoms with Gasteiger partial charge in [-0.15, -0.1) is 0 Å². The fourth-order valence-electron chi connectivity index (χ4n) is 3.61. The SMILES string of the molecule is CC(=O)NC1CC(CC(=O)NC2CCCCC2)C1(C)C. The van der Waals surface area contributed by atoms with Gasteiger partial charge in [0.25, 0.3) is 0 Å². The summed E-state index contributed by atoms with van der Waals surface area (Å²) in [5.41, 5.74) is 0.0234. The third-order valence-electron chi connectivity index (χ3n) is 5.25. The summed E-state index contributed by atoms with van der Waals surface area (Å²) >= 11 is 0. The zero-order valence-electron chi connectivity index (χ0n) is 13.0. The topological polar surface area (TPSA) is 58.2 Å². The molecule has 20 heavy (non-hydrogen) atoms. The van der Waals surface area contributed by atoms with Crippen LogP contribution in [0.1, 0.15) is 65.7 Å². The molecule has 114 valence electrons. The van der Waals surface area contributed by atoms with Crippen LogP contribution in [0.3, 0.4) is 0 Å². The monoisotopic (exact) mass is 280 g/mol. The van der Waals surface area contributed by atoms with Gasteiger partial charge in [0.05, 0.1) is 0 Å². The van der Waals surface area contributed by atoms with Gasteiger partial charge in [0.15, 0.2) is 0 Å². The maximum absolute atomic E-state index is 12.1. The minimum atomic E-state index is 0.0215. The van der Waals surface area contributed by atoms with Gasteiger partial charge in [0.1, 0.15) is 0 Å². The predicted octanol–water partition coefficient (Wildman–Crippen LogP) is 2.38. The molecule has 0 aliphatic heterocycles. The van der Waals surface area contributed by atoms with E-state index in [4.69, 9.17) is 0 Å². The molecule has 2 amide bonds. The Hall–Kier alpha value is -1.06. The molecular weight excluding hydrogens is 252 g/mol. The average molecular weight is 280 g/mol. The Morgan fingerprint density at radius 3 is 2.30 bits per heavy atom. The quantitative estimate of drug-likeness (QED) is 0.830. The molecular formula is C16H28N2O2. The van der Waals surface area contributed by atoms with Gasteiger partial charge >= 0.3 is 0 Å². The normalized spacial score (nSPS) is 29.4. The summed E-state index contributed by atoms with van der Waals surface area (Å²) < 4.78 is 0. The van der Waals surface area contributed by atoms with Crippen LogP contribution < -0.4 is 10.6 Å². The molecule has 2 rings (SSSR count). The molecule has 0 radical (unpaired) electrons. The molecule has 2 aliphatic rings. The number of carbonyl (C=O) groups excluding carboxylic acids is 2. The first-order valence-electron chi connectivity index (χ1n) is 7.96. The molecule has 0 aromatic carbocycles. The summed E-state index contributed by atoms with van der Waals surface area (Å²) in [4.78, 5) is 23.3. The van der Waals surface area contributed by atoms with E-state index in [1.165, 1.54) is 19.3 Å². The highest BCUT2D eigenvalue weighted by molar-refractivity contribution is 5.77. The Kier molecular flexibility index (Phi) is 4.71. The molecule has 2 atom stereocenters. The number of carbonyl (C=O) groups is 2. The van der Waals surface area contributed by atoms with E-state index >= 15 is 0 Å². The minimum absolute atomic E-state index is 0.0215. The van der Waals surface area contributed by atoms with Crippen molar-refractivity contribution in [1.82, 2.24) is 10.6 Å². The molecule has 0 aromatic rings. The summed E-state index contributed by atoms with van der Waals surface area (Å²) in [6, 6.07) is 0.609. The van der Waals surface area contributed by atoms with E-state index in [2.05, 4.69) is 24.5 Å². The van der Waals surface area contributed by atoms with Crippen LogP contribution in [0.15, 0.2) is 0 Å². The lowest BCUT2D eigenvalue weighted by molar-refractivity contribution is -0.128. The van der Waals surface area contributed by atoms with E-state index in [1.54, 1.807) is 6.92 Å². The molecule has 4 heteroatoms. The van der Waals surface area contributed by atoms with Crippen LogP contribution in [-0.4, -0.2) is 23.9 Å². The van der Waals surface area contributed by atoms with Crippen molar-refractivity contribution in [3.05, 3.63) is 0 Å². The van der Waals surface area contributed by atoms with Crippen molar-refractivity contribution < 1.29 is 9.59 Å². The van der Waals surface area contributed by atoms with E-state index in [1.807, 2.05) is 0 Å². The van der Waals surface area contributed by atoms with E-state index in [-0.39, 0.29) is 23.3 Å². The third kappa shape index (κ3) is 3.53. The Labute approximate surface area is 122 Å². The van der Waals surface area contributed by atoms with Gasteiger partial charge in [-0.05, 0) is 30.6 Å². The summed E-state index contributed by atoms with van der Waals surface area (Å²) in [6.45, 7) is 5.85. The van der Waals surface area contributed by atoms with Gasteiger partial charge in [-0.3, -0.25) is 9.59 Å². The molecule has 0 aromatic heterocycles. The van der Waals surface area contributed by atoms with Crippen LogP contribution in [0, 0.1) is 11.3 Å². The lowest BCUT2D eigenvalue weighted by Gasteiger charge is -2.52. The molecule has 2 aliphatic carbocycles. The Morgan fingerprint density at radius 2 is 1.75 bits per heavy atom. The fraction of sp³-hybridized carbons (Fsp3) is 0.875. The van der Waals surface area contributed by atoms with Gasteiger partial charge < -0.3 is 10.6 Å². The Bertz CT molecular complexity index is 373. The van der Waals surface area contributed by atoms with Crippen LogP contribution >= 0.6 is 0 Å². The van der Waals surface area contributed by atoms with Crippen molar-refractivity contribution in [3.8, 4) is 0 Å². The van der Waals surface area contributed by atoms with Gasteiger partial charge in [-0.1, -0.05) is 33.1 Å². The molecule has 4 nitrogen and oxygen atoms in total. The number of amides is 2. The zero-order valence-corrected chi connectivity index (χ0v) is 13.0. The maximum Gasteiger partial charge on any atom is 0.220 e. The van der Waals surface area contributed by atoms with Crippen LogP contribution in [0.25, 0.3) is 0 Å². The number of nitrogens with one attached hydrogen (secondary N) is 2. The average Bonchev–Trinajstić information content (AvgIpc) is 2.38. The Balaban J connectivity index is 1.76. The second-order valence-electron chi connectivity index (χ2n) is 7.11. The summed E-state index contributed by atoms with van der Waals surface area (Å²) in [6.07, 6.45) is 7.57. The van der Waals surface area contributed by atoms with E-state index in [9.17, 15) is 9.59 Å². The number of rotatable bonds is 4. The standard InChI is InChI=1S/C16H28N2O2/c1-11(19)17-14-9-12(16(14,2)3)10-15(20)18-13-7-5-4-6-8-13/h12-14H,4-10H2,1-3H3,(H,17,19)(H,18,20). The second-order valence-corrected chi connectivity index (χ2v) is 7.11. The number of hydrogen-bond donors (Lipinski definition) is 2. The van der Waals surface area contributed by atoms with Crippen LogP contribution in [0.5, 0.6) is 0 Å². The molecule has 0 heterocycles. The first-order chi connectivity index (χ1) is 9.39. The van der Waals surface area contributed by atoms with Crippen molar-refractivity contribution in [2.75, 3.05) is 0 Å². The van der Waals surface area contributed by atoms with Crippen LogP contribution in [0.2, 0.25) is 0 Å². The maximum atomic E-state index is 12.1. The second kappa shape index (κ2) is 6.15. The minimum Gasteiger partial charge on any atom is -0.353 e. The first kappa shape index (κ1) is 15.3. The smallest absolute Gasteiger partial charge is 0.220 e. The van der Waals surface area contributed by atoms with Crippen molar-refractivity contribution in [2.45, 2.75) is 77.8 Å². The van der Waals surface area contributed by atoms with Gasteiger partial charge in [-0.2, -0.15) is 0 Å². The number of hydrogen-bond acceptors (Lipinski definition) is 2. The molecule has 0 spiro atoms. The highest BCUT2D eigenvalue weighted by Gasteiger charge is 2.48. The summed E-state index contributed by atoms with van der Waals surface area (Å²) in [5.74, 6) is 0.590. The largest absolute Gasteiger partial charge is 0.353 e. The zero-order chi connectivity index (χ0) is 14.8. The molecule has 2 saturated carbocycles. The molecule has 2 unspecified atom stereocenters. The summed E-state index contributed by atoms with van der Waals surface area (Å²) in [5, 5.41) is 6.17. The highest BCUT2D eigenvalue weighted by Crippen LogP contribution is 2.48. The van der Waals surface area contributed by atoms with E-state index < -0.39 is 0 Å². The molecule has 0 bridgehead atoms. The van der Waals surface area contributed by atoms with Crippen molar-refractivity contribution >= 4 is 11.8 Å². The molecule has 0 saturated heterocycles. The molecule has 2 fully saturated rings. The van der Waals surface area contributed by atoms with Crippen molar-refractivity contribution in [1.29, 1.82) is 0 Å². The predicted molar refractivity (Wildman–Crippen MR) is 79.1 cm³/mol. The van der Waals surface area contributed by atoms with Gasteiger partial charge in [0.2, 0.25) is 11.8 Å². The van der Waals surface area contributed by atoms with Crippen LogP contribution in [0.4, 0.5) is 0 Å². The van der Waals surface area contributed by atoms with Gasteiger partial charge in [-0.25, -0.2) is 0 Å². The van der Waals surface area contributed by atoms with E-state index in [0.29, 0.717) is 18.4 Å². The van der Waals surface area contributed by atoms with E-state index in [0.717, 1.165) is 19.3 Å². The third-order valence-corrected chi connectivity index (χ3v) is 5.25. The van der Waals surface area contributed by atoms with Crippen LogP contribution in [-0.2, 0) is 9.59 Å². The first-order valence-corrected chi connectivity index (χ1v) is 7.96. The fourth-order valence-corrected chi connectivity index (χ4v) is 3.61. The van der Waals surface area contributed by atoms with Crippen molar-refractivity contribution in [2.24, 2.45) is 11.3 Å². The van der Waals surface area contributed by atoms with Gasteiger partial charge in [0, 0.05) is 25.4 Å². The summed E-state index contributed by atoms with van der Waals surface area (Å²) in [7, 11) is 0. The lowest BCUT2D eigenvalue weighted by atomic mass is 9.57. The Morgan fingerprint density at radius 1 is 1.10 bits per heavy atom. The lowest BCUT2D eigenvalue weighted by Crippen LogP contribution is -2.58. The molecule has 2 N–H and O–H groups in total. The highest BCUT2D eigenvalue weighted by atomic mass is 16.2. The van der Waals surface area contributed by atoms with Crippen molar-refractivity contribution in [3.63, 3.8) is 0 Å².